The minimum atomic E-state index is -0.246. The molecule has 1 aromatic carbocycles. The molecule has 3 heterocycles. The average Bonchev–Trinajstić information content (AvgIpc) is 3.36. The summed E-state index contributed by atoms with van der Waals surface area (Å²) in [6, 6.07) is 7.67. The lowest BCUT2D eigenvalue weighted by Gasteiger charge is -2.35. The van der Waals surface area contributed by atoms with Gasteiger partial charge in [-0.1, -0.05) is 22.0 Å². The molecule has 0 radical (unpaired) electrons. The van der Waals surface area contributed by atoms with Crippen LogP contribution >= 0.6 is 15.9 Å². The summed E-state index contributed by atoms with van der Waals surface area (Å²) in [5, 5.41) is 0. The molecule has 2 aliphatic rings. The van der Waals surface area contributed by atoms with Crippen LogP contribution in [0.5, 0.6) is 0 Å². The largest absolute Gasteiger partial charge is 0.340 e. The highest BCUT2D eigenvalue weighted by molar-refractivity contribution is 9.10. The first-order valence-electron chi connectivity index (χ1n) is 9.63. The maximum absolute atomic E-state index is 12.9. The number of carbonyl (C=O) groups is 2. The Morgan fingerprint density at radius 2 is 2.00 bits per heavy atom. The smallest absolute Gasteiger partial charge is 0.228 e. The first-order chi connectivity index (χ1) is 13.6. The third-order valence-electron chi connectivity index (χ3n) is 5.51. The zero-order chi connectivity index (χ0) is 19.5. The SMILES string of the molecule is O=C([C@H]1CC(=O)N(c2cccc(Br)c2)C1)N1CCN(CCn2ccnc2)CC1. The molecule has 4 rings (SSSR count). The van der Waals surface area contributed by atoms with E-state index in [-0.39, 0.29) is 17.7 Å². The van der Waals surface area contributed by atoms with Crippen molar-refractivity contribution in [1.29, 1.82) is 0 Å². The molecule has 0 N–H and O–H groups in total. The summed E-state index contributed by atoms with van der Waals surface area (Å²) in [4.78, 5) is 35.5. The average molecular weight is 446 g/mol. The number of hydrogen-bond acceptors (Lipinski definition) is 4. The van der Waals surface area contributed by atoms with E-state index in [9.17, 15) is 9.59 Å². The number of amides is 2. The van der Waals surface area contributed by atoms with Crippen LogP contribution in [0.4, 0.5) is 5.69 Å². The summed E-state index contributed by atoms with van der Waals surface area (Å²) in [6.07, 6.45) is 5.88. The highest BCUT2D eigenvalue weighted by atomic mass is 79.9. The van der Waals surface area contributed by atoms with Gasteiger partial charge >= 0.3 is 0 Å². The third-order valence-corrected chi connectivity index (χ3v) is 6.00. The lowest BCUT2D eigenvalue weighted by atomic mass is 10.1. The monoisotopic (exact) mass is 445 g/mol. The second-order valence-electron chi connectivity index (χ2n) is 7.35. The van der Waals surface area contributed by atoms with Gasteiger partial charge < -0.3 is 14.4 Å². The molecule has 1 aromatic heterocycles. The van der Waals surface area contributed by atoms with Crippen LogP contribution in [0.15, 0.2) is 47.5 Å². The number of piperazine rings is 1. The molecule has 2 aliphatic heterocycles. The summed E-state index contributed by atoms with van der Waals surface area (Å²) in [6.45, 7) is 5.53. The van der Waals surface area contributed by atoms with E-state index in [1.165, 1.54) is 0 Å². The summed E-state index contributed by atoms with van der Waals surface area (Å²) < 4.78 is 3.00. The van der Waals surface area contributed by atoms with Gasteiger partial charge in [-0.25, -0.2) is 4.98 Å². The van der Waals surface area contributed by atoms with Crippen LogP contribution < -0.4 is 4.90 Å². The number of hydrogen-bond donors (Lipinski definition) is 0. The van der Waals surface area contributed by atoms with Crippen LogP contribution in [0.3, 0.4) is 0 Å². The summed E-state index contributed by atoms with van der Waals surface area (Å²) in [5.74, 6) is -0.112. The lowest BCUT2D eigenvalue weighted by molar-refractivity contribution is -0.137. The van der Waals surface area contributed by atoms with Crippen molar-refractivity contribution in [3.05, 3.63) is 47.5 Å². The first kappa shape index (κ1) is 19.1. The Morgan fingerprint density at radius 1 is 1.18 bits per heavy atom. The predicted molar refractivity (Wildman–Crippen MR) is 110 cm³/mol. The maximum Gasteiger partial charge on any atom is 0.228 e. The van der Waals surface area contributed by atoms with Crippen molar-refractivity contribution < 1.29 is 9.59 Å². The van der Waals surface area contributed by atoms with E-state index in [4.69, 9.17) is 0 Å². The molecule has 2 saturated heterocycles. The van der Waals surface area contributed by atoms with Crippen LogP contribution in [0.1, 0.15) is 6.42 Å². The second kappa shape index (κ2) is 8.45. The first-order valence-corrected chi connectivity index (χ1v) is 10.4. The number of aromatic nitrogens is 2. The van der Waals surface area contributed by atoms with E-state index >= 15 is 0 Å². The van der Waals surface area contributed by atoms with Gasteiger partial charge in [0.2, 0.25) is 11.8 Å². The normalized spacial score (nSPS) is 20.8. The van der Waals surface area contributed by atoms with Crippen molar-refractivity contribution in [3.63, 3.8) is 0 Å². The van der Waals surface area contributed by atoms with E-state index in [0.29, 0.717) is 13.0 Å². The second-order valence-corrected chi connectivity index (χ2v) is 8.27. The number of rotatable bonds is 5. The Hall–Kier alpha value is -2.19. The molecule has 2 aromatic rings. The molecule has 1 atom stereocenters. The number of halogens is 1. The Balaban J connectivity index is 1.29. The predicted octanol–water partition coefficient (Wildman–Crippen LogP) is 1.84. The minimum Gasteiger partial charge on any atom is -0.340 e. The fraction of sp³-hybridized carbons (Fsp3) is 0.450. The van der Waals surface area contributed by atoms with Crippen LogP contribution in [0, 0.1) is 5.92 Å². The quantitative estimate of drug-likeness (QED) is 0.704. The van der Waals surface area contributed by atoms with Gasteiger partial charge in [0.25, 0.3) is 0 Å². The highest BCUT2D eigenvalue weighted by Gasteiger charge is 2.37. The fourth-order valence-corrected chi connectivity index (χ4v) is 4.28. The standard InChI is InChI=1S/C20H24BrN5O2/c21-17-2-1-3-18(13-17)26-14-16(12-19(26)27)20(28)25-10-8-23(9-11-25)6-7-24-5-4-22-15-24/h1-5,13,15-16H,6-12,14H2/t16-/m0/s1. The lowest BCUT2D eigenvalue weighted by Crippen LogP contribution is -2.51. The van der Waals surface area contributed by atoms with Crippen molar-refractivity contribution in [2.75, 3.05) is 44.2 Å². The molecule has 0 spiro atoms. The van der Waals surface area contributed by atoms with Crippen molar-refractivity contribution in [2.45, 2.75) is 13.0 Å². The Kier molecular flexibility index (Phi) is 5.77. The van der Waals surface area contributed by atoms with Gasteiger partial charge in [-0.05, 0) is 18.2 Å². The molecular formula is C20H24BrN5O2. The van der Waals surface area contributed by atoms with Crippen LogP contribution in [-0.2, 0) is 16.1 Å². The highest BCUT2D eigenvalue weighted by Crippen LogP contribution is 2.28. The molecule has 7 nitrogen and oxygen atoms in total. The van der Waals surface area contributed by atoms with Crippen molar-refractivity contribution in [3.8, 4) is 0 Å². The van der Waals surface area contributed by atoms with E-state index in [2.05, 4.69) is 30.4 Å². The van der Waals surface area contributed by atoms with Gasteiger partial charge in [0.1, 0.15) is 0 Å². The van der Waals surface area contributed by atoms with E-state index in [1.54, 1.807) is 11.1 Å². The Labute approximate surface area is 173 Å². The van der Waals surface area contributed by atoms with Crippen molar-refractivity contribution in [2.24, 2.45) is 5.92 Å². The molecule has 0 unspecified atom stereocenters. The number of carbonyl (C=O) groups excluding carboxylic acids is 2. The zero-order valence-electron chi connectivity index (χ0n) is 15.7. The Morgan fingerprint density at radius 3 is 2.71 bits per heavy atom. The maximum atomic E-state index is 12.9. The van der Waals surface area contributed by atoms with Gasteiger partial charge in [-0.3, -0.25) is 14.5 Å². The van der Waals surface area contributed by atoms with Gasteiger partial charge in [-0.2, -0.15) is 0 Å². The zero-order valence-corrected chi connectivity index (χ0v) is 17.3. The van der Waals surface area contributed by atoms with E-state index in [1.807, 2.05) is 41.7 Å². The molecule has 28 heavy (non-hydrogen) atoms. The molecule has 148 valence electrons. The molecule has 8 heteroatoms. The Bertz CT molecular complexity index is 833. The number of imidazole rings is 1. The van der Waals surface area contributed by atoms with E-state index in [0.717, 1.165) is 49.4 Å². The number of anilines is 1. The molecule has 2 fully saturated rings. The van der Waals surface area contributed by atoms with Gasteiger partial charge in [0.05, 0.1) is 12.2 Å². The summed E-state index contributed by atoms with van der Waals surface area (Å²) in [7, 11) is 0. The molecular weight excluding hydrogens is 422 g/mol. The number of benzene rings is 1. The number of nitrogens with zero attached hydrogens (tertiary/aromatic N) is 5. The summed E-state index contributed by atoms with van der Waals surface area (Å²) >= 11 is 3.44. The molecule has 0 saturated carbocycles. The van der Waals surface area contributed by atoms with Crippen molar-refractivity contribution >= 4 is 33.4 Å². The van der Waals surface area contributed by atoms with Gasteiger partial charge in [0, 0.05) is 74.8 Å². The molecule has 0 bridgehead atoms. The fourth-order valence-electron chi connectivity index (χ4n) is 3.89. The van der Waals surface area contributed by atoms with Crippen LogP contribution in [-0.4, -0.2) is 70.4 Å². The molecule has 0 aliphatic carbocycles. The van der Waals surface area contributed by atoms with E-state index < -0.39 is 0 Å². The van der Waals surface area contributed by atoms with Crippen molar-refractivity contribution in [1.82, 2.24) is 19.4 Å². The minimum absolute atomic E-state index is 0.0235. The van der Waals surface area contributed by atoms with Gasteiger partial charge in [0.15, 0.2) is 0 Å². The third kappa shape index (κ3) is 4.28. The topological polar surface area (TPSA) is 61.7 Å². The van der Waals surface area contributed by atoms with Gasteiger partial charge in [-0.15, -0.1) is 0 Å². The van der Waals surface area contributed by atoms with Crippen LogP contribution in [0.25, 0.3) is 0 Å². The summed E-state index contributed by atoms with van der Waals surface area (Å²) in [5.41, 5.74) is 0.846. The van der Waals surface area contributed by atoms with Crippen LogP contribution in [0.2, 0.25) is 0 Å². The molecule has 2 amide bonds.